The number of unbranched alkanes of at least 4 members (excludes halogenated alkanes) is 49. The molecule has 3 unspecified atom stereocenters. The number of nitrogens with zero attached hydrogens (tertiary/aromatic N) is 1. The lowest BCUT2D eigenvalue weighted by atomic mass is 10.0. The predicted molar refractivity (Wildman–Crippen MR) is 351 cm³/mol. The average molecular weight is 1150 g/mol. The fourth-order valence-corrected chi connectivity index (χ4v) is 11.6. The Bertz CT molecular complexity index is 1400. The number of carbonyl (C=O) groups excluding carboxylic acids is 1. The fraction of sp³-hybridized carbons (Fsp3) is 0.901. The van der Waals surface area contributed by atoms with E-state index in [1.165, 1.54) is 295 Å². The molecule has 0 spiro atoms. The number of hydrogen-bond donors (Lipinski definition) is 3. The number of rotatable bonds is 66. The normalized spacial score (nSPS) is 13.8. The summed E-state index contributed by atoms with van der Waals surface area (Å²) in [7, 11) is 1.56. The van der Waals surface area contributed by atoms with Gasteiger partial charge in [-0.1, -0.05) is 346 Å². The third kappa shape index (κ3) is 64.3. The molecule has 0 saturated carbocycles. The van der Waals surface area contributed by atoms with Crippen molar-refractivity contribution >= 4 is 13.7 Å². The van der Waals surface area contributed by atoms with E-state index in [1.54, 1.807) is 6.08 Å². The summed E-state index contributed by atoms with van der Waals surface area (Å²) in [5.74, 6) is -0.184. The lowest BCUT2D eigenvalue weighted by Crippen LogP contribution is -2.45. The van der Waals surface area contributed by atoms with Crippen molar-refractivity contribution in [2.75, 3.05) is 40.9 Å². The van der Waals surface area contributed by atoms with Gasteiger partial charge in [0.1, 0.15) is 13.2 Å². The van der Waals surface area contributed by atoms with E-state index in [2.05, 4.69) is 43.5 Å². The molecule has 3 N–H and O–H groups in total. The first kappa shape index (κ1) is 78.7. The molecule has 3 atom stereocenters. The number of phosphoric ester groups is 1. The van der Waals surface area contributed by atoms with E-state index in [1.807, 2.05) is 27.2 Å². The van der Waals surface area contributed by atoms with Crippen LogP contribution in [-0.2, 0) is 18.4 Å². The van der Waals surface area contributed by atoms with Crippen LogP contribution >= 0.6 is 7.82 Å². The van der Waals surface area contributed by atoms with Gasteiger partial charge in [0.15, 0.2) is 0 Å². The Balaban J connectivity index is 3.93. The molecule has 474 valence electrons. The molecule has 0 radical (unpaired) electrons. The molecule has 0 saturated heterocycles. The highest BCUT2D eigenvalue weighted by Crippen LogP contribution is 2.43. The average Bonchev–Trinajstić information content (AvgIpc) is 3.42. The van der Waals surface area contributed by atoms with Gasteiger partial charge in [-0.25, -0.2) is 4.57 Å². The summed E-state index contributed by atoms with van der Waals surface area (Å²) >= 11 is 0. The van der Waals surface area contributed by atoms with E-state index in [-0.39, 0.29) is 19.1 Å². The third-order valence-corrected chi connectivity index (χ3v) is 17.3. The molecule has 0 aliphatic heterocycles. The third-order valence-electron chi connectivity index (χ3n) is 16.3. The molecule has 0 heterocycles. The first-order valence-corrected chi connectivity index (χ1v) is 36.9. The van der Waals surface area contributed by atoms with Crippen LogP contribution in [-0.4, -0.2) is 73.4 Å². The topological polar surface area (TPSA) is 105 Å². The molecule has 0 bridgehead atoms. The van der Waals surface area contributed by atoms with Crippen LogP contribution < -0.4 is 5.32 Å². The first-order chi connectivity index (χ1) is 39.0. The molecule has 0 aromatic heterocycles. The van der Waals surface area contributed by atoms with Gasteiger partial charge in [0.2, 0.25) is 5.91 Å². The summed E-state index contributed by atoms with van der Waals surface area (Å²) in [5.41, 5.74) is 0. The highest BCUT2D eigenvalue weighted by molar-refractivity contribution is 7.47. The van der Waals surface area contributed by atoms with Crippen LogP contribution in [0.25, 0.3) is 0 Å². The largest absolute Gasteiger partial charge is 0.472 e. The zero-order chi connectivity index (χ0) is 58.4. The molecule has 0 aromatic rings. The van der Waals surface area contributed by atoms with E-state index >= 15 is 0 Å². The van der Waals surface area contributed by atoms with Crippen molar-refractivity contribution in [3.63, 3.8) is 0 Å². The van der Waals surface area contributed by atoms with Crippen LogP contribution in [0.5, 0.6) is 0 Å². The van der Waals surface area contributed by atoms with Gasteiger partial charge in [-0.3, -0.25) is 13.8 Å². The maximum atomic E-state index is 13.0. The standard InChI is InChI=1S/C71H139N2O6P/c1-6-8-10-12-14-16-18-20-22-24-26-27-28-29-30-31-32-33-34-35-36-37-38-39-40-41-42-43-44-45-47-49-51-53-55-57-59-61-63-65-71(75)72-69(68-79-80(76,77)78-67-66-73(3,4)5)70(74)64-62-60-58-56-54-52-50-48-46-25-23-21-19-17-15-13-11-9-7-2/h46,48,54,56,62,64,69-70,74H,6-45,47,49-53,55,57-61,63,65-68H2,1-5H3,(H-,72,75,76,77)/p+1/b48-46+,56-54+,64-62+. The second kappa shape index (κ2) is 62.3. The molecule has 8 nitrogen and oxygen atoms in total. The Morgan fingerprint density at radius 2 is 0.688 bits per heavy atom. The highest BCUT2D eigenvalue weighted by Gasteiger charge is 2.28. The van der Waals surface area contributed by atoms with Crippen molar-refractivity contribution in [3.05, 3.63) is 36.5 Å². The maximum absolute atomic E-state index is 13.0. The monoisotopic (exact) mass is 1150 g/mol. The van der Waals surface area contributed by atoms with Crippen molar-refractivity contribution in [1.29, 1.82) is 0 Å². The zero-order valence-electron chi connectivity index (χ0n) is 54.3. The van der Waals surface area contributed by atoms with Crippen LogP contribution in [0.2, 0.25) is 0 Å². The van der Waals surface area contributed by atoms with E-state index in [0.29, 0.717) is 17.4 Å². The van der Waals surface area contributed by atoms with Crippen molar-refractivity contribution in [2.45, 2.75) is 373 Å². The lowest BCUT2D eigenvalue weighted by molar-refractivity contribution is -0.870. The van der Waals surface area contributed by atoms with E-state index in [4.69, 9.17) is 9.05 Å². The van der Waals surface area contributed by atoms with Gasteiger partial charge >= 0.3 is 7.82 Å². The predicted octanol–water partition coefficient (Wildman–Crippen LogP) is 22.4. The molecule has 0 aromatic carbocycles. The summed E-state index contributed by atoms with van der Waals surface area (Å²) in [6.07, 6.45) is 83.2. The SMILES string of the molecule is CCCCCCCCCCC/C=C/CC/C=C/CC/C=C/C(O)C(COP(=O)(O)OCC[N+](C)(C)C)NC(=O)CCCCCCCCCCCCCCCCCCCCCCCCCCCCCCCCCCCCCCCCC. The van der Waals surface area contributed by atoms with Crippen LogP contribution in [0.15, 0.2) is 36.5 Å². The number of amides is 1. The number of nitrogens with one attached hydrogen (secondary N) is 1. The Hall–Kier alpha value is -1.28. The number of hydrogen-bond acceptors (Lipinski definition) is 5. The Morgan fingerprint density at radius 3 is 1.00 bits per heavy atom. The summed E-state index contributed by atoms with van der Waals surface area (Å²) < 4.78 is 23.8. The summed E-state index contributed by atoms with van der Waals surface area (Å²) in [4.78, 5) is 23.4. The number of aliphatic hydroxyl groups is 1. The molecule has 0 fully saturated rings. The van der Waals surface area contributed by atoms with Gasteiger partial charge in [-0.15, -0.1) is 0 Å². The van der Waals surface area contributed by atoms with Crippen LogP contribution in [0.3, 0.4) is 0 Å². The Labute approximate surface area is 499 Å². The van der Waals surface area contributed by atoms with E-state index in [9.17, 15) is 19.4 Å². The van der Waals surface area contributed by atoms with Gasteiger partial charge in [0.25, 0.3) is 0 Å². The highest BCUT2D eigenvalue weighted by atomic mass is 31.2. The summed E-state index contributed by atoms with van der Waals surface area (Å²) in [5, 5.41) is 13.9. The molecule has 0 aliphatic rings. The smallest absolute Gasteiger partial charge is 0.387 e. The second-order valence-corrected chi connectivity index (χ2v) is 27.1. The molecular formula is C71H140N2O6P+. The van der Waals surface area contributed by atoms with Gasteiger partial charge in [0, 0.05) is 6.42 Å². The van der Waals surface area contributed by atoms with Gasteiger partial charge in [-0.2, -0.15) is 0 Å². The molecule has 0 rings (SSSR count). The van der Waals surface area contributed by atoms with Crippen LogP contribution in [0, 0.1) is 0 Å². The number of quaternary nitrogens is 1. The van der Waals surface area contributed by atoms with Crippen molar-refractivity contribution < 1.29 is 32.9 Å². The van der Waals surface area contributed by atoms with Crippen LogP contribution in [0.4, 0.5) is 0 Å². The van der Waals surface area contributed by atoms with Crippen molar-refractivity contribution in [1.82, 2.24) is 5.32 Å². The number of phosphoric acid groups is 1. The Morgan fingerprint density at radius 1 is 0.412 bits per heavy atom. The summed E-state index contributed by atoms with van der Waals surface area (Å²) in [6.45, 7) is 4.83. The second-order valence-electron chi connectivity index (χ2n) is 25.6. The zero-order valence-corrected chi connectivity index (χ0v) is 55.2. The first-order valence-electron chi connectivity index (χ1n) is 35.4. The molecule has 9 heteroatoms. The minimum absolute atomic E-state index is 0.0553. The Kier molecular flexibility index (Phi) is 61.3. The minimum Gasteiger partial charge on any atom is -0.387 e. The van der Waals surface area contributed by atoms with Gasteiger partial charge in [0.05, 0.1) is 39.9 Å². The number of likely N-dealkylation sites (N-methyl/N-ethyl adjacent to an activating group) is 1. The van der Waals surface area contributed by atoms with E-state index in [0.717, 1.165) is 44.9 Å². The minimum atomic E-state index is -4.36. The number of allylic oxidation sites excluding steroid dienone is 5. The number of aliphatic hydroxyl groups excluding tert-OH is 1. The quantitative estimate of drug-likeness (QED) is 0.0243. The molecule has 1 amide bonds. The van der Waals surface area contributed by atoms with Gasteiger partial charge in [-0.05, 0) is 44.9 Å². The van der Waals surface area contributed by atoms with Gasteiger partial charge < -0.3 is 19.8 Å². The van der Waals surface area contributed by atoms with E-state index < -0.39 is 20.0 Å². The summed E-state index contributed by atoms with van der Waals surface area (Å²) in [6, 6.07) is -0.869. The lowest BCUT2D eigenvalue weighted by Gasteiger charge is -2.25. The molecule has 0 aliphatic carbocycles. The molecular weight excluding hydrogens is 1010 g/mol. The number of carbonyl (C=O) groups is 1. The molecule has 80 heavy (non-hydrogen) atoms. The van der Waals surface area contributed by atoms with Crippen LogP contribution in [0.1, 0.15) is 361 Å². The maximum Gasteiger partial charge on any atom is 0.472 e. The van der Waals surface area contributed by atoms with Crippen molar-refractivity contribution in [2.24, 2.45) is 0 Å². The van der Waals surface area contributed by atoms with Crippen molar-refractivity contribution in [3.8, 4) is 0 Å². The fourth-order valence-electron chi connectivity index (χ4n) is 10.8.